The number of carbonyl (C=O) groups is 2. The number of thioether (sulfide) groups is 1. The van der Waals surface area contributed by atoms with E-state index in [1.807, 2.05) is 37.3 Å². The van der Waals surface area contributed by atoms with Gasteiger partial charge in [-0.05, 0) is 61.0 Å². The van der Waals surface area contributed by atoms with Crippen LogP contribution in [0.3, 0.4) is 0 Å². The number of halogens is 3. The highest BCUT2D eigenvalue weighted by atomic mass is 35.5. The van der Waals surface area contributed by atoms with E-state index in [0.717, 1.165) is 5.56 Å². The van der Waals surface area contributed by atoms with Crippen LogP contribution in [0.25, 0.3) is 0 Å². The van der Waals surface area contributed by atoms with Gasteiger partial charge in [0.25, 0.3) is 0 Å². The summed E-state index contributed by atoms with van der Waals surface area (Å²) in [5.41, 5.74) is -1.93. The molecule has 1 unspecified atom stereocenters. The largest absolute Gasteiger partial charge is 0.494 e. The lowest BCUT2D eigenvalue weighted by molar-refractivity contribution is -0.128. The summed E-state index contributed by atoms with van der Waals surface area (Å²) in [5.74, 6) is 0.0000783. The number of hydrogen-bond donors (Lipinski definition) is 1. The van der Waals surface area contributed by atoms with Gasteiger partial charge in [0.05, 0.1) is 18.8 Å². The minimum atomic E-state index is -3.83. The molecule has 1 N–H and O–H groups in total. The van der Waals surface area contributed by atoms with Crippen LogP contribution in [0.1, 0.15) is 18.9 Å². The molecular formula is C27H24ClF2N3O4S. The van der Waals surface area contributed by atoms with E-state index < -0.39 is 10.8 Å². The predicted molar refractivity (Wildman–Crippen MR) is 144 cm³/mol. The number of amidine groups is 1. The third-order valence-corrected chi connectivity index (χ3v) is 6.57. The second-order valence-corrected chi connectivity index (χ2v) is 9.77. The fourth-order valence-electron chi connectivity index (χ4n) is 3.65. The SMILES string of the molecule is CCOc1ccc(NC(=O)CC2SC(=Nc3ccc(OC(F)(F)Cl)cc3)N(Cc3ccccc3)C2=O)cc1. The van der Waals surface area contributed by atoms with Crippen molar-refractivity contribution < 1.29 is 27.8 Å². The first-order valence-electron chi connectivity index (χ1n) is 11.7. The molecule has 1 aliphatic heterocycles. The van der Waals surface area contributed by atoms with Gasteiger partial charge in [0, 0.05) is 23.7 Å². The van der Waals surface area contributed by atoms with Gasteiger partial charge in [0.1, 0.15) is 16.7 Å². The Morgan fingerprint density at radius 2 is 1.71 bits per heavy atom. The summed E-state index contributed by atoms with van der Waals surface area (Å²) in [4.78, 5) is 32.2. The maximum Gasteiger partial charge on any atom is 0.487 e. The predicted octanol–water partition coefficient (Wildman–Crippen LogP) is 6.41. The van der Waals surface area contributed by atoms with Crippen LogP contribution in [-0.4, -0.2) is 39.3 Å². The quantitative estimate of drug-likeness (QED) is 0.290. The molecular weight excluding hydrogens is 536 g/mol. The van der Waals surface area contributed by atoms with Crippen molar-refractivity contribution in [2.75, 3.05) is 11.9 Å². The molecule has 1 aliphatic rings. The Bertz CT molecular complexity index is 1290. The Kier molecular flexibility index (Phi) is 8.85. The maximum atomic E-state index is 13.3. The topological polar surface area (TPSA) is 80.2 Å². The first-order chi connectivity index (χ1) is 18.2. The summed E-state index contributed by atoms with van der Waals surface area (Å²) in [7, 11) is 0. The number of carbonyl (C=O) groups excluding carboxylic acids is 2. The average molecular weight is 560 g/mol. The highest BCUT2D eigenvalue weighted by molar-refractivity contribution is 8.15. The zero-order valence-electron chi connectivity index (χ0n) is 20.3. The van der Waals surface area contributed by atoms with Crippen molar-refractivity contribution in [3.05, 3.63) is 84.4 Å². The molecule has 0 radical (unpaired) electrons. The van der Waals surface area contributed by atoms with Crippen molar-refractivity contribution >= 4 is 51.7 Å². The smallest absolute Gasteiger partial charge is 0.487 e. The van der Waals surface area contributed by atoms with Crippen molar-refractivity contribution in [3.8, 4) is 11.5 Å². The summed E-state index contributed by atoms with van der Waals surface area (Å²) < 4.78 is 35.5. The first kappa shape index (κ1) is 27.4. The number of benzene rings is 3. The van der Waals surface area contributed by atoms with Crippen molar-refractivity contribution in [2.45, 2.75) is 30.7 Å². The summed E-state index contributed by atoms with van der Waals surface area (Å²) in [5, 5.41) is 2.52. The molecule has 1 heterocycles. The van der Waals surface area contributed by atoms with Gasteiger partial charge < -0.3 is 14.8 Å². The normalized spacial score (nSPS) is 16.5. The van der Waals surface area contributed by atoms with E-state index >= 15 is 0 Å². The fourth-order valence-corrected chi connectivity index (χ4v) is 4.90. The van der Waals surface area contributed by atoms with Crippen LogP contribution >= 0.6 is 23.4 Å². The van der Waals surface area contributed by atoms with Crippen LogP contribution in [0.15, 0.2) is 83.9 Å². The van der Waals surface area contributed by atoms with Gasteiger partial charge in [-0.3, -0.25) is 14.5 Å². The zero-order chi connectivity index (χ0) is 27.1. The van der Waals surface area contributed by atoms with Crippen molar-refractivity contribution in [1.82, 2.24) is 4.90 Å². The molecule has 1 atom stereocenters. The van der Waals surface area contributed by atoms with Crippen LogP contribution in [0.4, 0.5) is 20.2 Å². The van der Waals surface area contributed by atoms with Gasteiger partial charge >= 0.3 is 5.57 Å². The Balaban J connectivity index is 1.49. The van der Waals surface area contributed by atoms with E-state index in [1.54, 1.807) is 24.3 Å². The number of hydrogen-bond acceptors (Lipinski definition) is 6. The lowest BCUT2D eigenvalue weighted by Crippen LogP contribution is -2.33. The van der Waals surface area contributed by atoms with E-state index in [9.17, 15) is 18.4 Å². The van der Waals surface area contributed by atoms with Crippen LogP contribution in [0, 0.1) is 0 Å². The first-order valence-corrected chi connectivity index (χ1v) is 12.9. The number of nitrogens with one attached hydrogen (secondary N) is 1. The second-order valence-electron chi connectivity index (χ2n) is 8.16. The summed E-state index contributed by atoms with van der Waals surface area (Å²) in [6, 6.07) is 21.9. The van der Waals surface area contributed by atoms with E-state index in [4.69, 9.17) is 16.3 Å². The van der Waals surface area contributed by atoms with Gasteiger partial charge in [0.2, 0.25) is 11.8 Å². The molecule has 198 valence electrons. The lowest BCUT2D eigenvalue weighted by atomic mass is 10.2. The Morgan fingerprint density at radius 1 is 1.05 bits per heavy atom. The molecule has 0 spiro atoms. The molecule has 1 saturated heterocycles. The highest BCUT2D eigenvalue weighted by Gasteiger charge is 2.39. The molecule has 0 bridgehead atoms. The molecule has 1 fully saturated rings. The molecule has 2 amide bonds. The number of rotatable bonds is 10. The van der Waals surface area contributed by atoms with E-state index in [0.29, 0.717) is 28.9 Å². The highest BCUT2D eigenvalue weighted by Crippen LogP contribution is 2.34. The van der Waals surface area contributed by atoms with Crippen molar-refractivity contribution in [1.29, 1.82) is 0 Å². The van der Waals surface area contributed by atoms with E-state index in [2.05, 4.69) is 15.0 Å². The standard InChI is InChI=1S/C27H24ClF2N3O4S/c1-2-36-21-12-8-19(9-13-21)31-24(34)16-23-25(35)33(17-18-6-4-3-5-7-18)26(38-23)32-20-10-14-22(15-11-20)37-27(28,29)30/h3-15,23H,2,16-17H2,1H3,(H,31,34). The molecule has 7 nitrogen and oxygen atoms in total. The third-order valence-electron chi connectivity index (χ3n) is 5.32. The monoisotopic (exact) mass is 559 g/mol. The number of amides is 2. The van der Waals surface area contributed by atoms with Gasteiger partial charge in [-0.15, -0.1) is 8.78 Å². The van der Waals surface area contributed by atoms with Gasteiger partial charge in [0.15, 0.2) is 5.17 Å². The van der Waals surface area contributed by atoms with Crippen molar-refractivity contribution in [3.63, 3.8) is 0 Å². The Hall–Kier alpha value is -3.63. The molecule has 3 aromatic carbocycles. The Morgan fingerprint density at radius 3 is 2.34 bits per heavy atom. The number of ether oxygens (including phenoxy) is 2. The minimum Gasteiger partial charge on any atom is -0.494 e. The lowest BCUT2D eigenvalue weighted by Gasteiger charge is -2.17. The van der Waals surface area contributed by atoms with Crippen LogP contribution in [0.2, 0.25) is 0 Å². The van der Waals surface area contributed by atoms with Gasteiger partial charge in [-0.25, -0.2) is 4.99 Å². The van der Waals surface area contributed by atoms with Gasteiger partial charge in [-0.2, -0.15) is 0 Å². The molecule has 4 rings (SSSR count). The third kappa shape index (κ3) is 7.69. The van der Waals surface area contributed by atoms with Crippen molar-refractivity contribution in [2.24, 2.45) is 4.99 Å². The minimum absolute atomic E-state index is 0.0569. The molecule has 0 saturated carbocycles. The summed E-state index contributed by atoms with van der Waals surface area (Å²) in [6.07, 6.45) is -0.0569. The number of aliphatic imine (C=N–C) groups is 1. The van der Waals surface area contributed by atoms with Crippen LogP contribution in [0.5, 0.6) is 11.5 Å². The summed E-state index contributed by atoms with van der Waals surface area (Å²) in [6.45, 7) is 2.69. The molecule has 3 aromatic rings. The number of nitrogens with zero attached hydrogens (tertiary/aromatic N) is 2. The van der Waals surface area contributed by atoms with Crippen LogP contribution in [-0.2, 0) is 16.1 Å². The molecule has 11 heteroatoms. The fraction of sp³-hybridized carbons (Fsp3) is 0.222. The Labute approximate surface area is 227 Å². The zero-order valence-corrected chi connectivity index (χ0v) is 21.8. The number of anilines is 1. The maximum absolute atomic E-state index is 13.3. The number of alkyl halides is 3. The van der Waals surface area contributed by atoms with Gasteiger partial charge in [-0.1, -0.05) is 42.1 Å². The molecule has 38 heavy (non-hydrogen) atoms. The van der Waals surface area contributed by atoms with Crippen LogP contribution < -0.4 is 14.8 Å². The van der Waals surface area contributed by atoms with E-state index in [1.165, 1.54) is 40.9 Å². The molecule has 0 aliphatic carbocycles. The van der Waals surface area contributed by atoms with E-state index in [-0.39, 0.29) is 30.5 Å². The second kappa shape index (κ2) is 12.3. The average Bonchev–Trinajstić information content (AvgIpc) is 3.15. The molecule has 0 aromatic heterocycles. The summed E-state index contributed by atoms with van der Waals surface area (Å²) >= 11 is 5.99.